The van der Waals surface area contributed by atoms with Gasteiger partial charge in [-0.2, -0.15) is 0 Å². The molecule has 21 heavy (non-hydrogen) atoms. The number of nitrogens with one attached hydrogen (secondary N) is 2. The van der Waals surface area contributed by atoms with E-state index in [-0.39, 0.29) is 12.5 Å². The lowest BCUT2D eigenvalue weighted by atomic mass is 10.2. The summed E-state index contributed by atoms with van der Waals surface area (Å²) < 4.78 is 10.8. The predicted octanol–water partition coefficient (Wildman–Crippen LogP) is 1.96. The molecule has 0 aliphatic heterocycles. The Morgan fingerprint density at radius 2 is 2.10 bits per heavy atom. The van der Waals surface area contributed by atoms with Gasteiger partial charge < -0.3 is 20.1 Å². The first-order valence-corrected chi connectivity index (χ1v) is 7.34. The highest BCUT2D eigenvalue weighted by Gasteiger charge is 2.08. The Morgan fingerprint density at radius 3 is 2.71 bits per heavy atom. The topological polar surface area (TPSA) is 59.6 Å². The standard InChI is InChI=1S/C16H26N2O3/c1-5-17-10-13-8-14(20-4)6-7-15(13)21-11-16(19)18-9-12(2)3/h6-8,12,17H,5,9-11H2,1-4H3,(H,18,19). The van der Waals surface area contributed by atoms with E-state index in [1.165, 1.54) is 0 Å². The van der Waals surface area contributed by atoms with E-state index in [9.17, 15) is 4.79 Å². The van der Waals surface area contributed by atoms with Crippen LogP contribution in [-0.2, 0) is 11.3 Å². The smallest absolute Gasteiger partial charge is 0.257 e. The molecule has 0 radical (unpaired) electrons. The molecule has 0 fully saturated rings. The second kappa shape index (κ2) is 9.23. The molecule has 0 bridgehead atoms. The largest absolute Gasteiger partial charge is 0.497 e. The minimum Gasteiger partial charge on any atom is -0.497 e. The van der Waals surface area contributed by atoms with Crippen molar-refractivity contribution in [2.75, 3.05) is 26.8 Å². The SMILES string of the molecule is CCNCc1cc(OC)ccc1OCC(=O)NCC(C)C. The summed E-state index contributed by atoms with van der Waals surface area (Å²) in [6.45, 7) is 8.38. The number of ether oxygens (including phenoxy) is 2. The molecular weight excluding hydrogens is 268 g/mol. The quantitative estimate of drug-likeness (QED) is 0.731. The Labute approximate surface area is 127 Å². The lowest BCUT2D eigenvalue weighted by Crippen LogP contribution is -2.31. The van der Waals surface area contributed by atoms with Crippen LogP contribution in [0.15, 0.2) is 18.2 Å². The van der Waals surface area contributed by atoms with Crippen LogP contribution in [0.2, 0.25) is 0 Å². The molecule has 1 aromatic rings. The lowest BCUT2D eigenvalue weighted by molar-refractivity contribution is -0.123. The highest BCUT2D eigenvalue weighted by atomic mass is 16.5. The normalized spacial score (nSPS) is 10.5. The number of methoxy groups -OCH3 is 1. The average molecular weight is 294 g/mol. The van der Waals surface area contributed by atoms with Crippen LogP contribution < -0.4 is 20.1 Å². The fourth-order valence-electron chi connectivity index (χ4n) is 1.73. The molecular formula is C16H26N2O3. The summed E-state index contributed by atoms with van der Waals surface area (Å²) in [7, 11) is 1.63. The van der Waals surface area contributed by atoms with Gasteiger partial charge in [-0.05, 0) is 30.7 Å². The van der Waals surface area contributed by atoms with Gasteiger partial charge in [-0.1, -0.05) is 20.8 Å². The number of amides is 1. The first-order chi connectivity index (χ1) is 10.1. The molecule has 0 unspecified atom stereocenters. The average Bonchev–Trinajstić information content (AvgIpc) is 2.49. The molecule has 0 saturated heterocycles. The second-order valence-electron chi connectivity index (χ2n) is 5.24. The molecule has 0 aromatic heterocycles. The van der Waals surface area contributed by atoms with Gasteiger partial charge in [-0.25, -0.2) is 0 Å². The van der Waals surface area contributed by atoms with Gasteiger partial charge >= 0.3 is 0 Å². The van der Waals surface area contributed by atoms with Gasteiger partial charge in [-0.3, -0.25) is 4.79 Å². The van der Waals surface area contributed by atoms with Crippen molar-refractivity contribution in [1.29, 1.82) is 0 Å². The number of benzene rings is 1. The molecule has 0 saturated carbocycles. The molecule has 0 aliphatic carbocycles. The van der Waals surface area contributed by atoms with Crippen LogP contribution in [0, 0.1) is 5.92 Å². The second-order valence-corrected chi connectivity index (χ2v) is 5.24. The first kappa shape index (κ1) is 17.3. The summed E-state index contributed by atoms with van der Waals surface area (Å²) >= 11 is 0. The summed E-state index contributed by atoms with van der Waals surface area (Å²) in [4.78, 5) is 11.7. The van der Waals surface area contributed by atoms with Crippen molar-refractivity contribution in [3.63, 3.8) is 0 Å². The monoisotopic (exact) mass is 294 g/mol. The summed E-state index contributed by atoms with van der Waals surface area (Å²) in [5, 5.41) is 6.08. The summed E-state index contributed by atoms with van der Waals surface area (Å²) in [5.74, 6) is 1.81. The van der Waals surface area contributed by atoms with Crippen LogP contribution in [0.1, 0.15) is 26.3 Å². The van der Waals surface area contributed by atoms with Crippen LogP contribution in [0.4, 0.5) is 0 Å². The Bertz CT molecular complexity index is 447. The van der Waals surface area contributed by atoms with Gasteiger partial charge in [0.05, 0.1) is 7.11 Å². The van der Waals surface area contributed by atoms with E-state index in [4.69, 9.17) is 9.47 Å². The number of carbonyl (C=O) groups is 1. The molecule has 0 aliphatic rings. The number of hydrogen-bond donors (Lipinski definition) is 2. The third-order valence-corrected chi connectivity index (χ3v) is 2.90. The van der Waals surface area contributed by atoms with Crippen LogP contribution in [0.5, 0.6) is 11.5 Å². The van der Waals surface area contributed by atoms with Crippen molar-refractivity contribution in [2.45, 2.75) is 27.3 Å². The molecule has 2 N–H and O–H groups in total. The number of carbonyl (C=O) groups excluding carboxylic acids is 1. The van der Waals surface area contributed by atoms with Crippen molar-refractivity contribution >= 4 is 5.91 Å². The first-order valence-electron chi connectivity index (χ1n) is 7.34. The maximum Gasteiger partial charge on any atom is 0.257 e. The van der Waals surface area contributed by atoms with E-state index >= 15 is 0 Å². The Kier molecular flexibility index (Phi) is 7.61. The summed E-state index contributed by atoms with van der Waals surface area (Å²) in [5.41, 5.74) is 0.979. The Morgan fingerprint density at radius 1 is 1.33 bits per heavy atom. The zero-order valence-electron chi connectivity index (χ0n) is 13.4. The summed E-state index contributed by atoms with van der Waals surface area (Å²) in [6, 6.07) is 5.59. The van der Waals surface area contributed by atoms with E-state index in [0.29, 0.717) is 24.8 Å². The highest BCUT2D eigenvalue weighted by molar-refractivity contribution is 5.77. The molecule has 1 amide bonds. The Balaban J connectivity index is 2.62. The van der Waals surface area contributed by atoms with Crippen molar-refractivity contribution < 1.29 is 14.3 Å². The highest BCUT2D eigenvalue weighted by Crippen LogP contribution is 2.24. The van der Waals surface area contributed by atoms with Gasteiger partial charge in [0.25, 0.3) is 5.91 Å². The maximum absolute atomic E-state index is 11.7. The van der Waals surface area contributed by atoms with Crippen molar-refractivity contribution in [3.05, 3.63) is 23.8 Å². The molecule has 1 rings (SSSR count). The van der Waals surface area contributed by atoms with Gasteiger partial charge in [0.1, 0.15) is 11.5 Å². The van der Waals surface area contributed by atoms with Gasteiger partial charge in [0.2, 0.25) is 0 Å². The fourth-order valence-corrected chi connectivity index (χ4v) is 1.73. The third-order valence-electron chi connectivity index (χ3n) is 2.90. The zero-order valence-corrected chi connectivity index (χ0v) is 13.4. The van der Waals surface area contributed by atoms with Crippen LogP contribution in [0.25, 0.3) is 0 Å². The van der Waals surface area contributed by atoms with Crippen molar-refractivity contribution in [1.82, 2.24) is 10.6 Å². The molecule has 0 heterocycles. The minimum absolute atomic E-state index is 0.0260. The predicted molar refractivity (Wildman–Crippen MR) is 83.7 cm³/mol. The molecule has 1 aromatic carbocycles. The molecule has 5 heteroatoms. The van der Waals surface area contributed by atoms with Gasteiger partial charge in [0, 0.05) is 18.7 Å². The zero-order chi connectivity index (χ0) is 15.7. The molecule has 5 nitrogen and oxygen atoms in total. The van der Waals surface area contributed by atoms with Crippen LogP contribution >= 0.6 is 0 Å². The molecule has 0 atom stereocenters. The molecule has 118 valence electrons. The van der Waals surface area contributed by atoms with Gasteiger partial charge in [-0.15, -0.1) is 0 Å². The van der Waals surface area contributed by atoms with E-state index in [1.54, 1.807) is 7.11 Å². The van der Waals surface area contributed by atoms with E-state index in [1.807, 2.05) is 25.1 Å². The number of rotatable bonds is 9. The van der Waals surface area contributed by atoms with Crippen LogP contribution in [0.3, 0.4) is 0 Å². The van der Waals surface area contributed by atoms with E-state index < -0.39 is 0 Å². The van der Waals surface area contributed by atoms with Crippen molar-refractivity contribution in [3.8, 4) is 11.5 Å². The van der Waals surface area contributed by atoms with Crippen molar-refractivity contribution in [2.24, 2.45) is 5.92 Å². The molecule has 0 spiro atoms. The Hall–Kier alpha value is -1.75. The van der Waals surface area contributed by atoms with E-state index in [2.05, 4.69) is 24.5 Å². The lowest BCUT2D eigenvalue weighted by Gasteiger charge is -2.14. The minimum atomic E-state index is -0.103. The van der Waals surface area contributed by atoms with Gasteiger partial charge in [0.15, 0.2) is 6.61 Å². The third kappa shape index (κ3) is 6.49. The number of hydrogen-bond acceptors (Lipinski definition) is 4. The maximum atomic E-state index is 11.7. The summed E-state index contributed by atoms with van der Waals surface area (Å²) in [6.07, 6.45) is 0. The fraction of sp³-hybridized carbons (Fsp3) is 0.562. The van der Waals surface area contributed by atoms with E-state index in [0.717, 1.165) is 17.9 Å². The van der Waals surface area contributed by atoms with Crippen LogP contribution in [-0.4, -0.2) is 32.7 Å².